The van der Waals surface area contributed by atoms with Crippen LogP contribution in [-0.4, -0.2) is 21.5 Å². The van der Waals surface area contributed by atoms with Crippen molar-refractivity contribution in [3.63, 3.8) is 0 Å². The van der Waals surface area contributed by atoms with Crippen LogP contribution in [-0.2, 0) is 0 Å². The molecule has 6 heteroatoms. The van der Waals surface area contributed by atoms with E-state index in [-0.39, 0.29) is 17.5 Å². The molecule has 1 fully saturated rings. The first-order valence-corrected chi connectivity index (χ1v) is 10.5. The maximum Gasteiger partial charge on any atom is 0.266 e. The molecule has 0 unspecified atom stereocenters. The Morgan fingerprint density at radius 1 is 1.10 bits per heavy atom. The van der Waals surface area contributed by atoms with E-state index >= 15 is 0 Å². The second-order valence-electron chi connectivity index (χ2n) is 8.01. The van der Waals surface area contributed by atoms with Gasteiger partial charge in [0.25, 0.3) is 11.5 Å². The highest BCUT2D eigenvalue weighted by Gasteiger charge is 2.28. The summed E-state index contributed by atoms with van der Waals surface area (Å²) in [7, 11) is 0. The molecule has 1 aliphatic carbocycles. The Labute approximate surface area is 174 Å². The number of para-hydroxylation sites is 1. The fourth-order valence-corrected chi connectivity index (χ4v) is 4.49. The van der Waals surface area contributed by atoms with Crippen LogP contribution in [0.15, 0.2) is 53.3 Å². The quantitative estimate of drug-likeness (QED) is 0.624. The highest BCUT2D eigenvalue weighted by atomic mass is 32.1. The van der Waals surface area contributed by atoms with E-state index in [9.17, 15) is 9.59 Å². The monoisotopic (exact) mass is 407 g/mol. The fourth-order valence-electron chi connectivity index (χ4n) is 4.20. The van der Waals surface area contributed by atoms with Crippen LogP contribution in [0, 0.1) is 16.6 Å². The van der Waals surface area contributed by atoms with E-state index in [1.54, 1.807) is 30.3 Å². The molecule has 1 heterocycles. The summed E-state index contributed by atoms with van der Waals surface area (Å²) in [5, 5.41) is 3.76. The SMILES string of the molecule is C[C@@H]1[C@H](C)CCC[C@@H]1NC(=O)c1ccc(-n2c(=S)[nH]c3ccccc3c2=O)cc1. The summed E-state index contributed by atoms with van der Waals surface area (Å²) < 4.78 is 1.79. The summed E-state index contributed by atoms with van der Waals surface area (Å²) in [6, 6.07) is 14.5. The van der Waals surface area contributed by atoms with Crippen LogP contribution >= 0.6 is 12.2 Å². The first-order chi connectivity index (χ1) is 14.0. The van der Waals surface area contributed by atoms with Gasteiger partial charge in [0.15, 0.2) is 4.77 Å². The van der Waals surface area contributed by atoms with Gasteiger partial charge in [-0.3, -0.25) is 14.2 Å². The molecule has 1 saturated carbocycles. The molecule has 0 aliphatic heterocycles. The number of fused-ring (bicyclic) bond motifs is 1. The number of aromatic amines is 1. The molecule has 29 heavy (non-hydrogen) atoms. The number of amides is 1. The summed E-state index contributed by atoms with van der Waals surface area (Å²) in [5.41, 5.74) is 1.76. The number of nitrogens with one attached hydrogen (secondary N) is 2. The predicted octanol–water partition coefficient (Wildman–Crippen LogP) is 4.60. The molecule has 1 aliphatic rings. The minimum atomic E-state index is -0.174. The molecule has 2 N–H and O–H groups in total. The largest absolute Gasteiger partial charge is 0.349 e. The second-order valence-corrected chi connectivity index (χ2v) is 8.40. The number of H-pyrrole nitrogens is 1. The van der Waals surface area contributed by atoms with Crippen molar-refractivity contribution in [2.24, 2.45) is 11.8 Å². The van der Waals surface area contributed by atoms with Crippen molar-refractivity contribution in [1.29, 1.82) is 0 Å². The lowest BCUT2D eigenvalue weighted by atomic mass is 9.78. The van der Waals surface area contributed by atoms with Gasteiger partial charge in [-0.25, -0.2) is 0 Å². The molecule has 4 rings (SSSR count). The van der Waals surface area contributed by atoms with Gasteiger partial charge < -0.3 is 10.3 Å². The number of aromatic nitrogens is 2. The minimum Gasteiger partial charge on any atom is -0.349 e. The van der Waals surface area contributed by atoms with Crippen LogP contribution in [0.4, 0.5) is 0 Å². The molecule has 2 aromatic carbocycles. The number of carbonyl (C=O) groups excluding carboxylic acids is 1. The van der Waals surface area contributed by atoms with Crippen molar-refractivity contribution in [3.8, 4) is 5.69 Å². The van der Waals surface area contributed by atoms with Crippen molar-refractivity contribution in [1.82, 2.24) is 14.9 Å². The summed E-state index contributed by atoms with van der Waals surface area (Å²) in [6.45, 7) is 4.47. The molecular weight excluding hydrogens is 382 g/mol. The van der Waals surface area contributed by atoms with Crippen LogP contribution < -0.4 is 10.9 Å². The number of hydrogen-bond acceptors (Lipinski definition) is 3. The number of nitrogens with zero attached hydrogens (tertiary/aromatic N) is 1. The number of rotatable bonds is 3. The molecule has 0 bridgehead atoms. The highest BCUT2D eigenvalue weighted by Crippen LogP contribution is 2.29. The number of hydrogen-bond donors (Lipinski definition) is 2. The molecule has 3 aromatic rings. The molecule has 3 atom stereocenters. The minimum absolute atomic E-state index is 0.0708. The zero-order valence-electron chi connectivity index (χ0n) is 16.6. The van der Waals surface area contributed by atoms with E-state index < -0.39 is 0 Å². The maximum atomic E-state index is 12.9. The van der Waals surface area contributed by atoms with E-state index in [4.69, 9.17) is 12.2 Å². The zero-order valence-corrected chi connectivity index (χ0v) is 17.5. The zero-order chi connectivity index (χ0) is 20.5. The number of carbonyl (C=O) groups is 1. The lowest BCUT2D eigenvalue weighted by molar-refractivity contribution is 0.0891. The Hall–Kier alpha value is -2.73. The van der Waals surface area contributed by atoms with Gasteiger partial charge in [0, 0.05) is 11.6 Å². The maximum absolute atomic E-state index is 12.9. The molecule has 0 spiro atoms. The van der Waals surface area contributed by atoms with Gasteiger partial charge in [-0.15, -0.1) is 0 Å². The van der Waals surface area contributed by atoms with Crippen LogP contribution in [0.1, 0.15) is 43.5 Å². The van der Waals surface area contributed by atoms with Crippen LogP contribution in [0.3, 0.4) is 0 Å². The van der Waals surface area contributed by atoms with Crippen molar-refractivity contribution < 1.29 is 4.79 Å². The van der Waals surface area contributed by atoms with Crippen LogP contribution in [0.25, 0.3) is 16.6 Å². The van der Waals surface area contributed by atoms with Crippen molar-refractivity contribution in [2.45, 2.75) is 39.2 Å². The summed E-state index contributed by atoms with van der Waals surface area (Å²) in [6.07, 6.45) is 3.40. The van der Waals surface area contributed by atoms with Crippen molar-refractivity contribution in [3.05, 3.63) is 69.2 Å². The van der Waals surface area contributed by atoms with E-state index in [1.807, 2.05) is 18.2 Å². The molecule has 150 valence electrons. The first kappa shape index (κ1) is 19.6. The summed E-state index contributed by atoms with van der Waals surface area (Å²) in [4.78, 5) is 28.7. The Balaban J connectivity index is 1.60. The van der Waals surface area contributed by atoms with Crippen LogP contribution in [0.5, 0.6) is 0 Å². The first-order valence-electron chi connectivity index (χ1n) is 10.1. The third kappa shape index (κ3) is 3.77. The highest BCUT2D eigenvalue weighted by molar-refractivity contribution is 7.71. The van der Waals surface area contributed by atoms with Gasteiger partial charge in [-0.2, -0.15) is 0 Å². The third-order valence-corrected chi connectivity index (χ3v) is 6.50. The molecule has 1 aromatic heterocycles. The second kappa shape index (κ2) is 7.95. The summed E-state index contributed by atoms with van der Waals surface area (Å²) in [5.74, 6) is 1.03. The average molecular weight is 408 g/mol. The fraction of sp³-hybridized carbons (Fsp3) is 0.348. The van der Waals surface area contributed by atoms with Gasteiger partial charge in [0.05, 0.1) is 16.6 Å². The molecule has 1 amide bonds. The molecular formula is C23H25N3O2S. The number of benzene rings is 2. The third-order valence-electron chi connectivity index (χ3n) is 6.22. The van der Waals surface area contributed by atoms with Crippen LogP contribution in [0.2, 0.25) is 0 Å². The molecule has 5 nitrogen and oxygen atoms in total. The lowest BCUT2D eigenvalue weighted by Crippen LogP contribution is -2.43. The standard InChI is InChI=1S/C23H25N3O2S/c1-14-6-5-9-19(15(14)2)24-21(27)16-10-12-17(13-11-16)26-22(28)18-7-3-4-8-20(18)25-23(26)29/h3-4,7-8,10-15,19H,5-6,9H2,1-2H3,(H,24,27)(H,25,29)/t14-,15-,19+/m1/s1. The van der Waals surface area contributed by atoms with Gasteiger partial charge in [-0.1, -0.05) is 38.8 Å². The Morgan fingerprint density at radius 2 is 1.83 bits per heavy atom. The smallest absolute Gasteiger partial charge is 0.266 e. The van der Waals surface area contributed by atoms with E-state index in [2.05, 4.69) is 24.1 Å². The van der Waals surface area contributed by atoms with Gasteiger partial charge in [-0.05, 0) is 66.9 Å². The Morgan fingerprint density at radius 3 is 2.59 bits per heavy atom. The van der Waals surface area contributed by atoms with E-state index in [0.717, 1.165) is 12.8 Å². The topological polar surface area (TPSA) is 66.9 Å². The van der Waals surface area contributed by atoms with Crippen molar-refractivity contribution in [2.75, 3.05) is 0 Å². The Kier molecular flexibility index (Phi) is 5.37. The van der Waals surface area contributed by atoms with Gasteiger partial charge in [0.2, 0.25) is 0 Å². The Bertz CT molecular complexity index is 1160. The predicted molar refractivity (Wildman–Crippen MR) is 118 cm³/mol. The van der Waals surface area contributed by atoms with E-state index in [0.29, 0.717) is 38.8 Å². The lowest BCUT2D eigenvalue weighted by Gasteiger charge is -2.34. The average Bonchev–Trinajstić information content (AvgIpc) is 2.72. The van der Waals surface area contributed by atoms with Gasteiger partial charge in [0.1, 0.15) is 0 Å². The van der Waals surface area contributed by atoms with E-state index in [1.165, 1.54) is 11.0 Å². The summed E-state index contributed by atoms with van der Waals surface area (Å²) >= 11 is 5.39. The molecule has 0 radical (unpaired) electrons. The normalized spacial score (nSPS) is 21.8. The van der Waals surface area contributed by atoms with Crippen molar-refractivity contribution >= 4 is 29.0 Å². The molecule has 0 saturated heterocycles. The van der Waals surface area contributed by atoms with Gasteiger partial charge >= 0.3 is 0 Å².